The number of hydrogen-bond donors (Lipinski definition) is 7. The molecule has 14 nitrogen and oxygen atoms in total. The van der Waals surface area contributed by atoms with Crippen LogP contribution in [-0.2, 0) is 39.8 Å². The molecule has 1 aliphatic heterocycles. The summed E-state index contributed by atoms with van der Waals surface area (Å²) in [4.78, 5) is 54.7. The Morgan fingerprint density at radius 1 is 1.02 bits per heavy atom. The van der Waals surface area contributed by atoms with E-state index in [4.69, 9.17) is 14.2 Å². The number of aliphatic carboxylic acids is 1. The molecular formula is C40H55NO13. The number of benzene rings is 1. The first-order valence-corrected chi connectivity index (χ1v) is 19.1. The average molecular weight is 758 g/mol. The molecule has 5 fully saturated rings. The van der Waals surface area contributed by atoms with Crippen LogP contribution < -0.4 is 5.32 Å². The van der Waals surface area contributed by atoms with Gasteiger partial charge in [-0.1, -0.05) is 57.7 Å². The number of aryl methyl sites for hydroxylation is 1. The molecule has 0 aromatic heterocycles. The highest BCUT2D eigenvalue weighted by atomic mass is 16.7. The van der Waals surface area contributed by atoms with Gasteiger partial charge >= 0.3 is 17.9 Å². The van der Waals surface area contributed by atoms with E-state index in [0.29, 0.717) is 31.3 Å². The summed E-state index contributed by atoms with van der Waals surface area (Å²) in [6.07, 6.45) is -7.52. The topological polar surface area (TPSA) is 229 Å². The highest BCUT2D eigenvalue weighted by Gasteiger charge is 2.74. The molecule has 0 radical (unpaired) electrons. The van der Waals surface area contributed by atoms with Crippen LogP contribution in [-0.4, -0.2) is 110 Å². The van der Waals surface area contributed by atoms with E-state index in [1.165, 1.54) is 0 Å². The van der Waals surface area contributed by atoms with Crippen molar-refractivity contribution in [2.45, 2.75) is 133 Å². The molecule has 5 aliphatic rings. The predicted molar refractivity (Wildman–Crippen MR) is 190 cm³/mol. The second kappa shape index (κ2) is 14.9. The maximum atomic E-state index is 14.7. The Labute approximate surface area is 314 Å². The third-order valence-electron chi connectivity index (χ3n) is 13.4. The zero-order valence-corrected chi connectivity index (χ0v) is 31.2. The fourth-order valence-corrected chi connectivity index (χ4v) is 11.1. The Balaban J connectivity index is 1.32. The van der Waals surface area contributed by atoms with Crippen molar-refractivity contribution in [3.63, 3.8) is 0 Å². The first kappa shape index (κ1) is 40.3. The van der Waals surface area contributed by atoms with Gasteiger partial charge in [0.1, 0.15) is 18.2 Å². The number of ether oxygens (including phenoxy) is 3. The fraction of sp³-hybridized carbons (Fsp3) is 0.700. The SMILES string of the molecule is C=C1[C@H](O)[C@@]23CC[C@@H]4[C@@](C(=O)O)(C(=O)OC5OC(CO)C(O)C(OC(=O)CCc6ccccc6)C5NC(=O)CC(C)C)C[C@@H](O)C[C@@]4(C)C2CC[C@]1(O)C3. The zero-order chi connectivity index (χ0) is 39.4. The van der Waals surface area contributed by atoms with Gasteiger partial charge in [0.15, 0.2) is 11.5 Å². The van der Waals surface area contributed by atoms with Crippen molar-refractivity contribution in [3.05, 3.63) is 48.0 Å². The molecule has 1 heterocycles. The minimum absolute atomic E-state index is 0.00753. The van der Waals surface area contributed by atoms with Gasteiger partial charge < -0.3 is 50.2 Å². The molecule has 7 N–H and O–H groups in total. The number of rotatable bonds is 11. The Morgan fingerprint density at radius 2 is 1.70 bits per heavy atom. The van der Waals surface area contributed by atoms with E-state index in [1.54, 1.807) is 13.8 Å². The van der Waals surface area contributed by atoms with Gasteiger partial charge in [-0.15, -0.1) is 0 Å². The van der Waals surface area contributed by atoms with Gasteiger partial charge in [-0.3, -0.25) is 19.2 Å². The lowest BCUT2D eigenvalue weighted by atomic mass is 9.40. The van der Waals surface area contributed by atoms with Crippen LogP contribution in [0.3, 0.4) is 0 Å². The number of carbonyl (C=O) groups excluding carboxylic acids is 3. The molecule has 6 rings (SSSR count). The number of aliphatic hydroxyl groups excluding tert-OH is 4. The minimum Gasteiger partial charge on any atom is -0.480 e. The Morgan fingerprint density at radius 3 is 2.35 bits per heavy atom. The molecule has 1 aromatic carbocycles. The van der Waals surface area contributed by atoms with Crippen LogP contribution >= 0.6 is 0 Å². The van der Waals surface area contributed by atoms with Crippen molar-refractivity contribution in [1.29, 1.82) is 0 Å². The quantitative estimate of drug-likeness (QED) is 0.0972. The standard InChI is InChI=1S/C40H55NO13/c1-21(2)16-28(44)41-30-32(53-29(45)11-10-23-8-6-5-7-9-23)31(46)25(19-42)52-34(30)54-36(50)40(35(48)49)18-24(43)17-37(4)26-13-15-39(51)20-38(26,14-12-27(37)40)33(47)22(39)3/h5-9,21,24-27,30-34,42-43,46-47,51H,3,10-20H2,1-2,4H3,(H,41,44)(H,48,49)/t24-,25?,26?,27-,30?,31?,32?,33-,34?,37-,38+,39-,40-/m0/s1. The van der Waals surface area contributed by atoms with E-state index in [1.807, 2.05) is 37.3 Å². The molecule has 1 amide bonds. The number of carboxylic acids is 1. The summed E-state index contributed by atoms with van der Waals surface area (Å²) < 4.78 is 17.6. The van der Waals surface area contributed by atoms with Crippen molar-refractivity contribution in [1.82, 2.24) is 5.32 Å². The number of carboxylic acid groups (broad SMARTS) is 1. The third-order valence-corrected chi connectivity index (χ3v) is 13.4. The molecule has 4 aliphatic carbocycles. The van der Waals surface area contributed by atoms with Crippen LogP contribution in [0.1, 0.15) is 84.1 Å². The fourth-order valence-electron chi connectivity index (χ4n) is 11.1. The van der Waals surface area contributed by atoms with Crippen LogP contribution in [0.25, 0.3) is 0 Å². The van der Waals surface area contributed by atoms with E-state index in [2.05, 4.69) is 11.9 Å². The molecule has 1 spiro atoms. The summed E-state index contributed by atoms with van der Waals surface area (Å²) in [5.74, 6) is -5.43. The zero-order valence-electron chi connectivity index (χ0n) is 31.2. The summed E-state index contributed by atoms with van der Waals surface area (Å²) in [6, 6.07) is 7.64. The van der Waals surface area contributed by atoms with Gasteiger partial charge in [-0.25, -0.2) is 0 Å². The Hall–Kier alpha value is -3.40. The lowest BCUT2D eigenvalue weighted by molar-refractivity contribution is -0.276. The Bertz CT molecular complexity index is 1620. The average Bonchev–Trinajstić information content (AvgIpc) is 3.24. The molecule has 4 saturated carbocycles. The van der Waals surface area contributed by atoms with Crippen molar-refractivity contribution < 1.29 is 64.0 Å². The molecule has 2 bridgehead atoms. The van der Waals surface area contributed by atoms with Gasteiger partial charge in [0.2, 0.25) is 12.2 Å². The number of nitrogens with one attached hydrogen (secondary N) is 1. The molecule has 54 heavy (non-hydrogen) atoms. The van der Waals surface area contributed by atoms with Crippen molar-refractivity contribution in [3.8, 4) is 0 Å². The van der Waals surface area contributed by atoms with E-state index in [0.717, 1.165) is 5.56 Å². The summed E-state index contributed by atoms with van der Waals surface area (Å²) >= 11 is 0. The van der Waals surface area contributed by atoms with Gasteiger partial charge in [0.25, 0.3) is 0 Å². The molecule has 298 valence electrons. The molecule has 6 unspecified atom stereocenters. The summed E-state index contributed by atoms with van der Waals surface area (Å²) in [5, 5.41) is 69.5. The van der Waals surface area contributed by atoms with E-state index < -0.39 is 107 Å². The molecule has 1 aromatic rings. The van der Waals surface area contributed by atoms with Crippen molar-refractivity contribution >= 4 is 23.8 Å². The number of amides is 1. The first-order valence-electron chi connectivity index (χ1n) is 19.1. The van der Waals surface area contributed by atoms with Gasteiger partial charge in [0.05, 0.1) is 24.4 Å². The largest absolute Gasteiger partial charge is 0.480 e. The maximum Gasteiger partial charge on any atom is 0.326 e. The van der Waals surface area contributed by atoms with Crippen LogP contribution in [0, 0.1) is 34.0 Å². The van der Waals surface area contributed by atoms with Crippen LogP contribution in [0.2, 0.25) is 0 Å². The van der Waals surface area contributed by atoms with Crippen molar-refractivity contribution in [2.24, 2.45) is 34.0 Å². The van der Waals surface area contributed by atoms with Gasteiger partial charge in [0, 0.05) is 24.7 Å². The molecule has 1 saturated heterocycles. The normalized spacial score (nSPS) is 41.4. The smallest absolute Gasteiger partial charge is 0.326 e. The number of esters is 2. The lowest BCUT2D eigenvalue weighted by Gasteiger charge is -2.64. The van der Waals surface area contributed by atoms with Crippen LogP contribution in [0.4, 0.5) is 0 Å². The molecule has 13 atom stereocenters. The van der Waals surface area contributed by atoms with Gasteiger partial charge in [-0.05, 0) is 79.3 Å². The number of carbonyl (C=O) groups is 4. The highest BCUT2D eigenvalue weighted by molar-refractivity contribution is 6.00. The number of aliphatic hydroxyl groups is 5. The number of hydrogen-bond acceptors (Lipinski definition) is 12. The first-order chi connectivity index (χ1) is 25.4. The highest BCUT2D eigenvalue weighted by Crippen LogP contribution is 2.73. The van der Waals surface area contributed by atoms with Crippen molar-refractivity contribution in [2.75, 3.05) is 6.61 Å². The van der Waals surface area contributed by atoms with Gasteiger partial charge in [-0.2, -0.15) is 0 Å². The second-order valence-corrected chi connectivity index (χ2v) is 17.1. The summed E-state index contributed by atoms with van der Waals surface area (Å²) in [5.41, 5.74) is -4.19. The minimum atomic E-state index is -2.31. The Kier molecular flexibility index (Phi) is 11.1. The molecular weight excluding hydrogens is 702 g/mol. The van der Waals surface area contributed by atoms with E-state index in [9.17, 15) is 49.8 Å². The lowest BCUT2D eigenvalue weighted by Crippen LogP contribution is -2.68. The predicted octanol–water partition coefficient (Wildman–Crippen LogP) is 1.77. The molecule has 14 heteroatoms. The maximum absolute atomic E-state index is 14.7. The van der Waals surface area contributed by atoms with E-state index in [-0.39, 0.29) is 43.9 Å². The monoisotopic (exact) mass is 757 g/mol. The third kappa shape index (κ3) is 6.76. The number of fused-ring (bicyclic) bond motifs is 3. The summed E-state index contributed by atoms with van der Waals surface area (Å²) in [7, 11) is 0. The van der Waals surface area contributed by atoms with Crippen LogP contribution in [0.15, 0.2) is 42.5 Å². The second-order valence-electron chi connectivity index (χ2n) is 17.1. The van der Waals surface area contributed by atoms with E-state index >= 15 is 0 Å². The summed E-state index contributed by atoms with van der Waals surface area (Å²) in [6.45, 7) is 8.65. The van der Waals surface area contributed by atoms with Crippen LogP contribution in [0.5, 0.6) is 0 Å².